The molecule has 1 N–H and O–H groups in total. The minimum atomic E-state index is -1.20. The number of ketones is 1. The van der Waals surface area contributed by atoms with E-state index in [0.29, 0.717) is 19.3 Å². The smallest absolute Gasteiger partial charge is 0.313 e. The number of Topliss-reactive ketones (excluding diaryl/α,β-unsaturated/α-hetero) is 1. The van der Waals surface area contributed by atoms with E-state index in [1.807, 2.05) is 6.92 Å². The van der Waals surface area contributed by atoms with Crippen LogP contribution in [0.5, 0.6) is 0 Å². The van der Waals surface area contributed by atoms with Crippen LogP contribution in [0.1, 0.15) is 51.2 Å². The fraction of sp³-hybridized carbons (Fsp3) is 0.682. The van der Waals surface area contributed by atoms with E-state index in [1.165, 1.54) is 6.92 Å². The lowest BCUT2D eigenvalue weighted by Gasteiger charge is -2.60. The number of rotatable bonds is 3. The fourth-order valence-corrected chi connectivity index (χ4v) is 6.63. The van der Waals surface area contributed by atoms with E-state index in [4.69, 9.17) is 18.6 Å². The number of hydrogen-bond acceptors (Lipinski definition) is 8. The molecule has 8 heteroatoms. The average Bonchev–Trinajstić information content (AvgIpc) is 3.16. The van der Waals surface area contributed by atoms with Gasteiger partial charge in [-0.15, -0.1) is 0 Å². The summed E-state index contributed by atoms with van der Waals surface area (Å²) in [6.07, 6.45) is 3.13. The van der Waals surface area contributed by atoms with Gasteiger partial charge in [0.2, 0.25) is 0 Å². The Morgan fingerprint density at radius 3 is 2.77 bits per heavy atom. The molecule has 4 aliphatic rings. The maximum Gasteiger partial charge on any atom is 0.313 e. The molecule has 1 aromatic heterocycles. The third-order valence-corrected chi connectivity index (χ3v) is 8.17. The van der Waals surface area contributed by atoms with Gasteiger partial charge in [0.1, 0.15) is 12.7 Å². The zero-order chi connectivity index (χ0) is 21.3. The summed E-state index contributed by atoms with van der Waals surface area (Å²) in [5, 5.41) is 11.3. The Balaban J connectivity index is 1.62. The molecule has 0 radical (unpaired) electrons. The second-order valence-electron chi connectivity index (χ2n) is 9.30. The van der Waals surface area contributed by atoms with E-state index in [1.54, 1.807) is 18.6 Å². The van der Waals surface area contributed by atoms with Gasteiger partial charge in [0.15, 0.2) is 11.4 Å². The van der Waals surface area contributed by atoms with Crippen molar-refractivity contribution in [2.24, 2.45) is 22.7 Å². The summed E-state index contributed by atoms with van der Waals surface area (Å²) < 4.78 is 22.1. The molecule has 30 heavy (non-hydrogen) atoms. The highest BCUT2D eigenvalue weighted by atomic mass is 16.6. The number of aliphatic hydroxyl groups excluding tert-OH is 1. The van der Waals surface area contributed by atoms with Gasteiger partial charge in [-0.2, -0.15) is 0 Å². The molecule has 8 nitrogen and oxygen atoms in total. The van der Waals surface area contributed by atoms with Crippen LogP contribution >= 0.6 is 0 Å². The molecule has 1 aromatic rings. The first-order valence-electron chi connectivity index (χ1n) is 10.5. The fourth-order valence-electron chi connectivity index (χ4n) is 6.63. The molecule has 3 heterocycles. The summed E-state index contributed by atoms with van der Waals surface area (Å²) in [7, 11) is 0. The van der Waals surface area contributed by atoms with Crippen molar-refractivity contribution in [1.82, 2.24) is 0 Å². The first-order valence-corrected chi connectivity index (χ1v) is 10.5. The van der Waals surface area contributed by atoms with Crippen LogP contribution in [-0.2, 0) is 28.6 Å². The number of hydrogen-bond donors (Lipinski definition) is 1. The largest absolute Gasteiger partial charge is 0.472 e. The van der Waals surface area contributed by atoms with E-state index < -0.39 is 40.5 Å². The normalized spacial score (nSPS) is 44.8. The van der Waals surface area contributed by atoms with Crippen LogP contribution in [-0.4, -0.2) is 47.7 Å². The number of esters is 2. The summed E-state index contributed by atoms with van der Waals surface area (Å²) in [4.78, 5) is 38.1. The predicted octanol–water partition coefficient (Wildman–Crippen LogP) is 1.95. The molecule has 7 unspecified atom stereocenters. The van der Waals surface area contributed by atoms with E-state index in [0.717, 1.165) is 5.56 Å². The average molecular weight is 418 g/mol. The molecule has 5 rings (SSSR count). The van der Waals surface area contributed by atoms with Gasteiger partial charge in [-0.25, -0.2) is 0 Å². The first-order chi connectivity index (χ1) is 14.3. The number of fused-ring (bicyclic) bond motifs is 3. The standard InChI is InChI=1S/C22H26O8/c1-12-7-18(25)21(10-28-13(2)23)16(3-4-17(24)22(21)11-29-22)20(12)8-15(30-19(20)26)14-5-6-27-9-14/h5-6,9,12,15-16,18,25H,3-4,7-8,10-11H2,1-2H3. The number of carbonyl (C=O) groups excluding carboxylic acids is 3. The number of epoxide rings is 1. The molecule has 2 saturated heterocycles. The molecule has 0 amide bonds. The molecule has 2 aliphatic carbocycles. The minimum absolute atomic E-state index is 0.0904. The van der Waals surface area contributed by atoms with Gasteiger partial charge in [0, 0.05) is 25.3 Å². The number of aliphatic hydroxyl groups is 1. The van der Waals surface area contributed by atoms with Crippen LogP contribution in [0.3, 0.4) is 0 Å². The molecule has 4 fully saturated rings. The molecule has 2 saturated carbocycles. The van der Waals surface area contributed by atoms with Gasteiger partial charge in [-0.1, -0.05) is 6.92 Å². The maximum atomic E-state index is 13.5. The van der Waals surface area contributed by atoms with Crippen molar-refractivity contribution < 1.29 is 38.1 Å². The SMILES string of the molecule is CC(=O)OCC12C(O)CC(C)C3(CC(c4ccoc4)OC3=O)C1CCC(=O)C21CO1. The topological polar surface area (TPSA) is 116 Å². The Morgan fingerprint density at radius 1 is 1.37 bits per heavy atom. The number of carbonyl (C=O) groups is 3. The summed E-state index contributed by atoms with van der Waals surface area (Å²) in [6, 6.07) is 1.78. The van der Waals surface area contributed by atoms with Crippen LogP contribution in [0.4, 0.5) is 0 Å². The summed E-state index contributed by atoms with van der Waals surface area (Å²) in [5.74, 6) is -1.49. The number of cyclic esters (lactones) is 1. The van der Waals surface area contributed by atoms with Crippen LogP contribution < -0.4 is 0 Å². The molecular weight excluding hydrogens is 392 g/mol. The summed E-state index contributed by atoms with van der Waals surface area (Å²) >= 11 is 0. The Hall–Kier alpha value is -2.19. The van der Waals surface area contributed by atoms with Gasteiger partial charge in [-0.3, -0.25) is 14.4 Å². The van der Waals surface area contributed by atoms with E-state index in [2.05, 4.69) is 0 Å². The van der Waals surface area contributed by atoms with Crippen molar-refractivity contribution in [3.8, 4) is 0 Å². The Bertz CT molecular complexity index is 887. The highest BCUT2D eigenvalue weighted by Crippen LogP contribution is 2.70. The lowest BCUT2D eigenvalue weighted by molar-refractivity contribution is -0.217. The lowest BCUT2D eigenvalue weighted by atomic mass is 9.42. The Labute approximate surface area is 173 Å². The minimum Gasteiger partial charge on any atom is -0.472 e. The second-order valence-corrected chi connectivity index (χ2v) is 9.30. The van der Waals surface area contributed by atoms with Crippen LogP contribution in [0.15, 0.2) is 23.0 Å². The van der Waals surface area contributed by atoms with Crippen molar-refractivity contribution in [1.29, 1.82) is 0 Å². The number of furan rings is 1. The van der Waals surface area contributed by atoms with Crippen molar-refractivity contribution >= 4 is 17.7 Å². The lowest BCUT2D eigenvalue weighted by Crippen LogP contribution is -2.70. The van der Waals surface area contributed by atoms with Crippen LogP contribution in [0.25, 0.3) is 0 Å². The van der Waals surface area contributed by atoms with Crippen molar-refractivity contribution in [2.75, 3.05) is 13.2 Å². The highest BCUT2D eigenvalue weighted by Gasteiger charge is 2.80. The van der Waals surface area contributed by atoms with E-state index >= 15 is 0 Å². The van der Waals surface area contributed by atoms with E-state index in [-0.39, 0.29) is 37.3 Å². The second kappa shape index (κ2) is 6.40. The van der Waals surface area contributed by atoms with Gasteiger partial charge in [0.05, 0.1) is 36.1 Å². The molecule has 2 aliphatic heterocycles. The summed E-state index contributed by atoms with van der Waals surface area (Å²) in [5.41, 5.74) is -2.48. The Morgan fingerprint density at radius 2 is 2.13 bits per heavy atom. The van der Waals surface area contributed by atoms with Crippen molar-refractivity contribution in [2.45, 2.75) is 57.3 Å². The molecule has 0 aromatic carbocycles. The third-order valence-electron chi connectivity index (χ3n) is 8.17. The Kier molecular flexibility index (Phi) is 4.22. The van der Waals surface area contributed by atoms with Gasteiger partial charge in [-0.05, 0) is 30.7 Å². The summed E-state index contributed by atoms with van der Waals surface area (Å²) in [6.45, 7) is 3.27. The zero-order valence-electron chi connectivity index (χ0n) is 17.1. The zero-order valence-corrected chi connectivity index (χ0v) is 17.1. The molecule has 162 valence electrons. The van der Waals surface area contributed by atoms with Gasteiger partial charge < -0.3 is 23.7 Å². The number of ether oxygens (including phenoxy) is 3. The van der Waals surface area contributed by atoms with Crippen LogP contribution in [0.2, 0.25) is 0 Å². The maximum absolute atomic E-state index is 13.5. The molecule has 7 atom stereocenters. The van der Waals surface area contributed by atoms with E-state index in [9.17, 15) is 19.5 Å². The molecule has 0 bridgehead atoms. The monoisotopic (exact) mass is 418 g/mol. The predicted molar refractivity (Wildman–Crippen MR) is 99.9 cm³/mol. The van der Waals surface area contributed by atoms with Crippen LogP contribution in [0, 0.1) is 22.7 Å². The highest BCUT2D eigenvalue weighted by molar-refractivity contribution is 5.93. The van der Waals surface area contributed by atoms with Gasteiger partial charge in [0.25, 0.3) is 0 Å². The van der Waals surface area contributed by atoms with Crippen molar-refractivity contribution in [3.05, 3.63) is 24.2 Å². The molecule has 2 spiro atoms. The first kappa shape index (κ1) is 19.8. The molecular formula is C22H26O8. The van der Waals surface area contributed by atoms with Gasteiger partial charge >= 0.3 is 11.9 Å². The quantitative estimate of drug-likeness (QED) is 0.585. The van der Waals surface area contributed by atoms with Crippen molar-refractivity contribution in [3.63, 3.8) is 0 Å². The third kappa shape index (κ3) is 2.32.